The number of fused-ring (bicyclic) bond motifs is 1. The predicted molar refractivity (Wildman–Crippen MR) is 165 cm³/mol. The molecule has 0 radical (unpaired) electrons. The number of imidazole rings is 1. The molecule has 51 heavy (non-hydrogen) atoms. The first-order valence-electron chi connectivity index (χ1n) is 14.9. The van der Waals surface area contributed by atoms with Crippen LogP contribution in [-0.4, -0.2) is 68.1 Å². The minimum atomic E-state index is -5.74. The van der Waals surface area contributed by atoms with Crippen molar-refractivity contribution in [3.63, 3.8) is 0 Å². The normalized spacial score (nSPS) is 19.3. The van der Waals surface area contributed by atoms with Gasteiger partial charge < -0.3 is 18.9 Å². The van der Waals surface area contributed by atoms with Crippen molar-refractivity contribution in [2.75, 3.05) is 6.61 Å². The number of hydrogen-bond acceptors (Lipinski definition) is 10. The zero-order chi connectivity index (χ0) is 36.3. The number of ether oxygens (including phenoxy) is 4. The number of benzene rings is 3. The third kappa shape index (κ3) is 7.23. The number of nitrogens with zero attached hydrogens (tertiary/aromatic N) is 4. The molecule has 0 saturated carbocycles. The number of hydrogen-bond donors (Lipinski definition) is 0. The number of carbonyl (C=O) groups is 3. The van der Waals surface area contributed by atoms with Crippen LogP contribution in [0.3, 0.4) is 0 Å². The molecule has 0 aliphatic carbocycles. The first kappa shape index (κ1) is 34.6. The quantitative estimate of drug-likeness (QED) is 0.111. The van der Waals surface area contributed by atoms with Gasteiger partial charge in [0.25, 0.3) is 11.4 Å². The molecule has 0 spiro atoms. The van der Waals surface area contributed by atoms with Crippen molar-refractivity contribution < 1.29 is 55.3 Å². The SMILES string of the molecule is O=C(OC[C@H]1O[C@@H](n2cnc3c(=O)n(/C(F)=C(\F)C(F)(F)F)cnc32)[C@H](OC(=O)c2ccccc2)[C@@H]1OC(=O)c1ccccc1)c1ccccc1. The van der Waals surface area contributed by atoms with Gasteiger partial charge in [0.1, 0.15) is 19.0 Å². The Balaban J connectivity index is 1.41. The highest BCUT2D eigenvalue weighted by Gasteiger charge is 2.52. The van der Waals surface area contributed by atoms with Gasteiger partial charge in [-0.25, -0.2) is 28.9 Å². The number of halogens is 5. The third-order valence-electron chi connectivity index (χ3n) is 7.58. The Hall–Kier alpha value is -6.23. The Morgan fingerprint density at radius 3 is 1.76 bits per heavy atom. The highest BCUT2D eigenvalue weighted by Crippen LogP contribution is 2.37. The second kappa shape index (κ2) is 14.3. The Bertz CT molecular complexity index is 2160. The van der Waals surface area contributed by atoms with E-state index in [1.54, 1.807) is 54.6 Å². The first-order valence-corrected chi connectivity index (χ1v) is 14.9. The zero-order valence-electron chi connectivity index (χ0n) is 25.8. The van der Waals surface area contributed by atoms with E-state index in [0.29, 0.717) is 6.33 Å². The molecule has 3 aromatic carbocycles. The van der Waals surface area contributed by atoms with Gasteiger partial charge in [0.2, 0.25) is 5.95 Å². The maximum atomic E-state index is 14.4. The van der Waals surface area contributed by atoms with Crippen LogP contribution in [0, 0.1) is 0 Å². The van der Waals surface area contributed by atoms with Crippen molar-refractivity contribution in [1.82, 2.24) is 19.1 Å². The predicted octanol–water partition coefficient (Wildman–Crippen LogP) is 5.43. The summed E-state index contributed by atoms with van der Waals surface area (Å²) in [7, 11) is 0. The number of rotatable bonds is 9. The molecule has 1 aliphatic rings. The van der Waals surface area contributed by atoms with Crippen molar-refractivity contribution >= 4 is 35.0 Å². The lowest BCUT2D eigenvalue weighted by Gasteiger charge is -2.25. The van der Waals surface area contributed by atoms with Crippen LogP contribution in [0.1, 0.15) is 37.3 Å². The lowest BCUT2D eigenvalue weighted by atomic mass is 10.1. The molecular formula is C34H23F5N4O8. The summed E-state index contributed by atoms with van der Waals surface area (Å²) in [5, 5.41) is 0. The topological polar surface area (TPSA) is 141 Å². The van der Waals surface area contributed by atoms with Gasteiger partial charge in [0, 0.05) is 0 Å². The molecule has 1 fully saturated rings. The number of carbonyl (C=O) groups excluding carboxylic acids is 3. The van der Waals surface area contributed by atoms with E-state index in [2.05, 4.69) is 9.97 Å². The number of alkyl halides is 3. The summed E-state index contributed by atoms with van der Waals surface area (Å²) in [6, 6.07) is 23.2. The molecule has 2 aromatic heterocycles. The maximum absolute atomic E-state index is 14.4. The minimum absolute atomic E-state index is 0.0776. The average molecular weight is 711 g/mol. The van der Waals surface area contributed by atoms with Crippen LogP contribution in [0.2, 0.25) is 0 Å². The fourth-order valence-electron chi connectivity index (χ4n) is 5.14. The van der Waals surface area contributed by atoms with Gasteiger partial charge >= 0.3 is 24.1 Å². The van der Waals surface area contributed by atoms with E-state index in [-0.39, 0.29) is 21.3 Å². The van der Waals surface area contributed by atoms with Crippen LogP contribution in [0.25, 0.3) is 17.1 Å². The number of aromatic nitrogens is 4. The first-order chi connectivity index (χ1) is 24.4. The van der Waals surface area contributed by atoms with E-state index >= 15 is 0 Å². The summed E-state index contributed by atoms with van der Waals surface area (Å²) in [4.78, 5) is 60.2. The molecule has 17 heteroatoms. The molecule has 0 bridgehead atoms. The minimum Gasteiger partial charge on any atom is -0.459 e. The maximum Gasteiger partial charge on any atom is 0.447 e. The van der Waals surface area contributed by atoms with Crippen molar-refractivity contribution in [3.05, 3.63) is 137 Å². The summed E-state index contributed by atoms with van der Waals surface area (Å²) in [5.41, 5.74) is -2.30. The molecule has 0 amide bonds. The van der Waals surface area contributed by atoms with Gasteiger partial charge in [-0.05, 0) is 36.4 Å². The van der Waals surface area contributed by atoms with Crippen LogP contribution in [0.4, 0.5) is 22.0 Å². The van der Waals surface area contributed by atoms with Gasteiger partial charge in [-0.15, -0.1) is 0 Å². The van der Waals surface area contributed by atoms with Gasteiger partial charge in [0.15, 0.2) is 29.6 Å². The van der Waals surface area contributed by atoms with E-state index in [1.807, 2.05) is 0 Å². The molecule has 262 valence electrons. The van der Waals surface area contributed by atoms with Crippen molar-refractivity contribution in [1.29, 1.82) is 0 Å². The smallest absolute Gasteiger partial charge is 0.447 e. The highest BCUT2D eigenvalue weighted by molar-refractivity contribution is 5.91. The molecule has 1 aliphatic heterocycles. The van der Waals surface area contributed by atoms with E-state index in [0.717, 1.165) is 10.9 Å². The van der Waals surface area contributed by atoms with Gasteiger partial charge in [-0.1, -0.05) is 54.6 Å². The van der Waals surface area contributed by atoms with E-state index in [1.165, 1.54) is 36.4 Å². The summed E-state index contributed by atoms with van der Waals surface area (Å²) in [6.07, 6.45) is -10.5. The summed E-state index contributed by atoms with van der Waals surface area (Å²) in [5.74, 6) is -8.31. The third-order valence-corrected chi connectivity index (χ3v) is 7.58. The van der Waals surface area contributed by atoms with Gasteiger partial charge in [-0.2, -0.15) is 22.0 Å². The molecule has 4 atom stereocenters. The summed E-state index contributed by atoms with van der Waals surface area (Å²) < 4.78 is 90.6. The van der Waals surface area contributed by atoms with Gasteiger partial charge in [-0.3, -0.25) is 9.36 Å². The molecule has 12 nitrogen and oxygen atoms in total. The fraction of sp³-hybridized carbons (Fsp3) is 0.176. The zero-order valence-corrected chi connectivity index (χ0v) is 25.8. The van der Waals surface area contributed by atoms with E-state index < -0.39 is 83.7 Å². The van der Waals surface area contributed by atoms with Crippen LogP contribution in [0.15, 0.2) is 114 Å². The summed E-state index contributed by atoms with van der Waals surface area (Å²) in [6.45, 7) is -0.560. The molecule has 6 rings (SSSR count). The Morgan fingerprint density at radius 2 is 1.24 bits per heavy atom. The Labute approximate surface area is 283 Å². The van der Waals surface area contributed by atoms with Crippen molar-refractivity contribution in [3.8, 4) is 0 Å². The van der Waals surface area contributed by atoms with Gasteiger partial charge in [0.05, 0.1) is 23.0 Å². The lowest BCUT2D eigenvalue weighted by Crippen LogP contribution is -2.41. The summed E-state index contributed by atoms with van der Waals surface area (Å²) >= 11 is 0. The van der Waals surface area contributed by atoms with E-state index in [4.69, 9.17) is 18.9 Å². The second-order valence-corrected chi connectivity index (χ2v) is 10.8. The van der Waals surface area contributed by atoms with Crippen LogP contribution < -0.4 is 5.56 Å². The highest BCUT2D eigenvalue weighted by atomic mass is 19.4. The fourth-order valence-corrected chi connectivity index (χ4v) is 5.14. The van der Waals surface area contributed by atoms with Crippen LogP contribution >= 0.6 is 0 Å². The van der Waals surface area contributed by atoms with Crippen molar-refractivity contribution in [2.45, 2.75) is 30.7 Å². The Morgan fingerprint density at radius 1 is 0.725 bits per heavy atom. The molecule has 1 saturated heterocycles. The standard InChI is InChI=1S/C34H23F5N4O8/c35-26(34(37,38)39)27(36)42-18-41-28-23(29(42)44)40-17-43(28)30-25(51-33(47)21-14-8-3-9-15-21)24(50-32(46)20-12-6-2-7-13-20)22(49-30)16-48-31(45)19-10-4-1-5-11-19/h1-15,17-18,22,24-25,30H,16H2/b27-26-/t22-,24-,25-,30-/m1/s1. The monoisotopic (exact) mass is 710 g/mol. The largest absolute Gasteiger partial charge is 0.459 e. The van der Waals surface area contributed by atoms with Crippen molar-refractivity contribution in [2.24, 2.45) is 0 Å². The van der Waals surface area contributed by atoms with Crippen LogP contribution in [0.5, 0.6) is 0 Å². The lowest BCUT2D eigenvalue weighted by molar-refractivity contribution is -0.109. The molecular weight excluding hydrogens is 687 g/mol. The molecule has 0 N–H and O–H groups in total. The molecule has 5 aromatic rings. The van der Waals surface area contributed by atoms with Crippen LogP contribution in [-0.2, 0) is 18.9 Å². The molecule has 0 unspecified atom stereocenters. The number of allylic oxidation sites excluding steroid dienone is 1. The van der Waals surface area contributed by atoms with E-state index in [9.17, 15) is 41.1 Å². The number of esters is 3. The second-order valence-electron chi connectivity index (χ2n) is 10.8. The molecule has 3 heterocycles. The average Bonchev–Trinajstić information content (AvgIpc) is 3.72. The Kier molecular flexibility index (Phi) is 9.72.